The van der Waals surface area contributed by atoms with Crippen LogP contribution >= 0.6 is 0 Å². The second-order valence-corrected chi connectivity index (χ2v) is 6.71. The molecule has 0 radical (unpaired) electrons. The van der Waals surface area contributed by atoms with Gasteiger partial charge in [-0.05, 0) is 20.3 Å². The Morgan fingerprint density at radius 3 is 2.65 bits per heavy atom. The molecule has 3 rings (SSSR count). The Labute approximate surface area is 151 Å². The Morgan fingerprint density at radius 2 is 2.04 bits per heavy atom. The highest BCUT2D eigenvalue weighted by Crippen LogP contribution is 2.25. The van der Waals surface area contributed by atoms with Crippen LogP contribution in [0, 0.1) is 0 Å². The van der Waals surface area contributed by atoms with Crippen LogP contribution in [-0.2, 0) is 9.59 Å². The first kappa shape index (κ1) is 18.0. The number of primary amides is 1. The first-order chi connectivity index (χ1) is 12.3. The lowest BCUT2D eigenvalue weighted by atomic mass is 10.1. The molecular weight excluding hydrogens is 338 g/mol. The van der Waals surface area contributed by atoms with Gasteiger partial charge in [0, 0.05) is 13.6 Å². The van der Waals surface area contributed by atoms with Gasteiger partial charge in [-0.2, -0.15) is 0 Å². The van der Waals surface area contributed by atoms with Crippen LogP contribution in [0.25, 0.3) is 0 Å². The maximum absolute atomic E-state index is 13.1. The molecule has 0 aliphatic carbocycles. The van der Waals surface area contributed by atoms with E-state index in [0.717, 1.165) is 18.6 Å². The van der Waals surface area contributed by atoms with E-state index < -0.39 is 11.9 Å². The number of carbonyl (C=O) groups is 3. The highest BCUT2D eigenvalue weighted by Gasteiger charge is 2.56. The lowest BCUT2D eigenvalue weighted by Crippen LogP contribution is -2.64. The van der Waals surface area contributed by atoms with E-state index in [1.54, 1.807) is 7.05 Å². The summed E-state index contributed by atoms with van der Waals surface area (Å²) in [7, 11) is 1.61. The van der Waals surface area contributed by atoms with Gasteiger partial charge >= 0.3 is 12.0 Å². The average Bonchev–Trinajstić information content (AvgIpc) is 2.98. The molecule has 140 valence electrons. The quantitative estimate of drug-likeness (QED) is 0.657. The van der Waals surface area contributed by atoms with Gasteiger partial charge in [-0.1, -0.05) is 18.3 Å². The van der Waals surface area contributed by atoms with Crippen molar-refractivity contribution in [2.75, 3.05) is 20.1 Å². The van der Waals surface area contributed by atoms with E-state index in [2.05, 4.69) is 10.1 Å². The molecule has 0 aromatic rings. The highest BCUT2D eigenvalue weighted by atomic mass is 16.2. The van der Waals surface area contributed by atoms with Crippen LogP contribution in [0.5, 0.6) is 0 Å². The number of hydrogen-bond acceptors (Lipinski definition) is 6. The third-order valence-corrected chi connectivity index (χ3v) is 4.90. The van der Waals surface area contributed by atoms with Crippen LogP contribution in [0.15, 0.2) is 10.1 Å². The third kappa shape index (κ3) is 2.65. The number of hydrogen-bond donors (Lipinski definition) is 1. The monoisotopic (exact) mass is 362 g/mol. The normalized spacial score (nSPS) is 25.3. The predicted octanol–water partition coefficient (Wildman–Crippen LogP) is -0.605. The molecule has 0 spiro atoms. The van der Waals surface area contributed by atoms with Crippen molar-refractivity contribution in [2.24, 2.45) is 15.8 Å². The molecule has 0 aromatic heterocycles. The van der Waals surface area contributed by atoms with Crippen molar-refractivity contribution in [1.82, 2.24) is 14.8 Å². The molecule has 10 nitrogen and oxygen atoms in total. The number of rotatable bonds is 5. The Hall–Kier alpha value is -2.78. The Bertz CT molecular complexity index is 770. The van der Waals surface area contributed by atoms with Crippen LogP contribution in [0.1, 0.15) is 33.6 Å². The molecule has 2 atom stereocenters. The number of nitrogens with two attached hydrogens (primary N) is 1. The minimum absolute atomic E-state index is 0.148. The number of likely N-dealkylation sites (N-methyl/N-ethyl adjacent to an activating group) is 1. The number of urea groups is 1. The van der Waals surface area contributed by atoms with Crippen LogP contribution in [0.2, 0.25) is 0 Å². The highest BCUT2D eigenvalue weighted by molar-refractivity contribution is 6.23. The molecule has 10 heteroatoms. The summed E-state index contributed by atoms with van der Waals surface area (Å²) in [5.74, 6) is -0.129. The topological polar surface area (TPSA) is 115 Å². The first-order valence-corrected chi connectivity index (χ1v) is 8.71. The Morgan fingerprint density at radius 1 is 1.35 bits per heavy atom. The van der Waals surface area contributed by atoms with E-state index in [4.69, 9.17) is 5.73 Å². The molecule has 2 unspecified atom stereocenters. The summed E-state index contributed by atoms with van der Waals surface area (Å²) >= 11 is 0. The molecule has 1 fully saturated rings. The number of nitrogens with zero attached hydrogens (tertiary/aromatic N) is 6. The van der Waals surface area contributed by atoms with E-state index in [-0.39, 0.29) is 24.5 Å². The summed E-state index contributed by atoms with van der Waals surface area (Å²) in [6, 6.07) is -1.29. The zero-order valence-corrected chi connectivity index (χ0v) is 15.5. The number of amides is 4. The van der Waals surface area contributed by atoms with Crippen molar-refractivity contribution in [3.05, 3.63) is 0 Å². The molecular formula is C16H24N7O3+. The van der Waals surface area contributed by atoms with Crippen molar-refractivity contribution in [1.29, 1.82) is 0 Å². The van der Waals surface area contributed by atoms with E-state index in [9.17, 15) is 14.4 Å². The zero-order chi connectivity index (χ0) is 19.2. The smallest absolute Gasteiger partial charge is 0.367 e. The fourth-order valence-electron chi connectivity index (χ4n) is 3.35. The minimum atomic E-state index is -0.708. The fourth-order valence-corrected chi connectivity index (χ4v) is 3.35. The average molecular weight is 362 g/mol. The summed E-state index contributed by atoms with van der Waals surface area (Å²) < 4.78 is 1.81. The van der Waals surface area contributed by atoms with Crippen molar-refractivity contribution in [2.45, 2.75) is 45.7 Å². The standard InChI is InChI=1S/C16H23N7O3/c1-5-6-7-21-14(25)12-13(20(4)16(21)26)18-15-22(8-11(17)24)19-9(2)10(3)23(12)15/h10,12H,5-8H2,1-4H3,(H-,17,24)/p+1. The predicted molar refractivity (Wildman–Crippen MR) is 94.7 cm³/mol. The molecule has 3 aliphatic rings. The summed E-state index contributed by atoms with van der Waals surface area (Å²) in [4.78, 5) is 44.3. The molecule has 0 aromatic carbocycles. The molecule has 26 heavy (non-hydrogen) atoms. The SMILES string of the molecule is CCCCN1C(=O)C2C(=NC3=[N+]2C(C)C(C)=NN3CC(N)=O)N(C)C1=O. The lowest BCUT2D eigenvalue weighted by Gasteiger charge is -2.35. The number of guanidine groups is 1. The third-order valence-electron chi connectivity index (χ3n) is 4.90. The molecule has 1 saturated heterocycles. The van der Waals surface area contributed by atoms with E-state index in [0.29, 0.717) is 18.3 Å². The van der Waals surface area contributed by atoms with Gasteiger partial charge in [-0.15, -0.1) is 10.1 Å². The van der Waals surface area contributed by atoms with Crippen molar-refractivity contribution in [3.63, 3.8) is 0 Å². The van der Waals surface area contributed by atoms with Crippen LogP contribution in [-0.4, -0.2) is 87.0 Å². The number of hydrazone groups is 1. The number of unbranched alkanes of at least 4 members (excludes halogenated alkanes) is 1. The Kier molecular flexibility index (Phi) is 4.51. The van der Waals surface area contributed by atoms with Gasteiger partial charge in [0.2, 0.25) is 11.9 Å². The van der Waals surface area contributed by atoms with Gasteiger partial charge in [0.1, 0.15) is 6.04 Å². The number of carbonyl (C=O) groups excluding carboxylic acids is 3. The summed E-state index contributed by atoms with van der Waals surface area (Å²) in [6.07, 6.45) is 1.62. The van der Waals surface area contributed by atoms with Crippen molar-refractivity contribution in [3.8, 4) is 0 Å². The first-order valence-electron chi connectivity index (χ1n) is 8.71. The fraction of sp³-hybridized carbons (Fsp3) is 0.625. The van der Waals surface area contributed by atoms with Crippen molar-refractivity contribution < 1.29 is 19.0 Å². The van der Waals surface area contributed by atoms with Gasteiger partial charge in [0.05, 0.1) is 5.71 Å². The largest absolute Gasteiger partial charge is 0.417 e. The van der Waals surface area contributed by atoms with Crippen molar-refractivity contribution >= 4 is 35.4 Å². The van der Waals surface area contributed by atoms with E-state index in [1.807, 2.05) is 25.3 Å². The zero-order valence-electron chi connectivity index (χ0n) is 15.5. The van der Waals surface area contributed by atoms with Gasteiger partial charge in [0.25, 0.3) is 11.8 Å². The molecule has 3 heterocycles. The van der Waals surface area contributed by atoms with Crippen LogP contribution in [0.3, 0.4) is 0 Å². The van der Waals surface area contributed by atoms with Gasteiger partial charge in [0.15, 0.2) is 6.54 Å². The molecule has 3 aliphatic heterocycles. The molecule has 0 bridgehead atoms. The molecule has 4 amide bonds. The van der Waals surface area contributed by atoms with Gasteiger partial charge < -0.3 is 5.73 Å². The maximum Gasteiger partial charge on any atom is 0.417 e. The molecule has 0 saturated carbocycles. The second-order valence-electron chi connectivity index (χ2n) is 6.71. The number of aliphatic imine (C=N–C) groups is 1. The maximum atomic E-state index is 13.1. The summed E-state index contributed by atoms with van der Waals surface area (Å²) in [6.45, 7) is 5.97. The van der Waals surface area contributed by atoms with Gasteiger partial charge in [-0.3, -0.25) is 19.4 Å². The van der Waals surface area contributed by atoms with Crippen LogP contribution < -0.4 is 5.73 Å². The number of fused-ring (bicyclic) bond motifs is 2. The summed E-state index contributed by atoms with van der Waals surface area (Å²) in [5.41, 5.74) is 6.05. The second kappa shape index (κ2) is 6.50. The number of amidine groups is 1. The lowest BCUT2D eigenvalue weighted by molar-refractivity contribution is -0.559. The number of imide groups is 1. The van der Waals surface area contributed by atoms with Gasteiger partial charge in [-0.25, -0.2) is 9.37 Å². The summed E-state index contributed by atoms with van der Waals surface area (Å²) in [5, 5.41) is 5.77. The minimum Gasteiger partial charge on any atom is -0.367 e. The Balaban J connectivity index is 2.03. The van der Waals surface area contributed by atoms with E-state index >= 15 is 0 Å². The van der Waals surface area contributed by atoms with E-state index in [1.165, 1.54) is 14.8 Å². The van der Waals surface area contributed by atoms with Crippen LogP contribution in [0.4, 0.5) is 4.79 Å². The molecule has 2 N–H and O–H groups in total.